The molecule has 1 atom stereocenters. The van der Waals surface area contributed by atoms with Crippen molar-refractivity contribution in [1.82, 2.24) is 4.90 Å². The summed E-state index contributed by atoms with van der Waals surface area (Å²) in [6.07, 6.45) is 2.47. The molecule has 108 valence electrons. The molecule has 1 unspecified atom stereocenters. The number of aromatic hydroxyl groups is 1. The monoisotopic (exact) mass is 277 g/mol. The van der Waals surface area contributed by atoms with Crippen LogP contribution in [0.1, 0.15) is 30.0 Å². The third-order valence-electron chi connectivity index (χ3n) is 3.61. The van der Waals surface area contributed by atoms with Crippen LogP contribution in [-0.2, 0) is 16.0 Å². The average molecular weight is 277 g/mol. The first-order valence-electron chi connectivity index (χ1n) is 6.60. The van der Waals surface area contributed by atoms with Crippen LogP contribution < -0.4 is 11.5 Å². The van der Waals surface area contributed by atoms with Crippen molar-refractivity contribution in [2.24, 2.45) is 11.5 Å². The van der Waals surface area contributed by atoms with Crippen molar-refractivity contribution in [1.29, 1.82) is 0 Å². The van der Waals surface area contributed by atoms with E-state index in [1.54, 1.807) is 17.0 Å². The van der Waals surface area contributed by atoms with Gasteiger partial charge in [-0.25, -0.2) is 0 Å². The van der Waals surface area contributed by atoms with Crippen molar-refractivity contribution in [3.8, 4) is 5.75 Å². The minimum absolute atomic E-state index is 0.0251. The fourth-order valence-corrected chi connectivity index (χ4v) is 2.86. The third kappa shape index (κ3) is 3.08. The molecule has 2 rings (SSSR count). The molecule has 0 saturated carbocycles. The van der Waals surface area contributed by atoms with Crippen molar-refractivity contribution in [2.45, 2.75) is 25.3 Å². The van der Waals surface area contributed by atoms with Crippen molar-refractivity contribution in [3.05, 3.63) is 29.3 Å². The number of phenolic OH excluding ortho intramolecular Hbond substituents is 1. The van der Waals surface area contributed by atoms with Gasteiger partial charge in [-0.2, -0.15) is 0 Å². The van der Waals surface area contributed by atoms with Crippen LogP contribution in [0.5, 0.6) is 5.75 Å². The van der Waals surface area contributed by atoms with Gasteiger partial charge in [0.25, 0.3) is 0 Å². The van der Waals surface area contributed by atoms with E-state index in [0.29, 0.717) is 0 Å². The molecule has 0 bridgehead atoms. The summed E-state index contributed by atoms with van der Waals surface area (Å²) >= 11 is 0. The molecule has 0 aliphatic heterocycles. The molecule has 0 radical (unpaired) electrons. The predicted molar refractivity (Wildman–Crippen MR) is 73.7 cm³/mol. The Balaban J connectivity index is 2.33. The first kappa shape index (κ1) is 14.3. The highest BCUT2D eigenvalue weighted by molar-refractivity contribution is 5.79. The van der Waals surface area contributed by atoms with Crippen LogP contribution in [0.2, 0.25) is 0 Å². The van der Waals surface area contributed by atoms with E-state index in [9.17, 15) is 14.7 Å². The van der Waals surface area contributed by atoms with Crippen molar-refractivity contribution in [3.63, 3.8) is 0 Å². The van der Waals surface area contributed by atoms with Gasteiger partial charge in [0.15, 0.2) is 0 Å². The van der Waals surface area contributed by atoms with E-state index >= 15 is 0 Å². The van der Waals surface area contributed by atoms with E-state index in [-0.39, 0.29) is 24.9 Å². The Morgan fingerprint density at radius 3 is 2.50 bits per heavy atom. The Labute approximate surface area is 117 Å². The Kier molecular flexibility index (Phi) is 4.24. The lowest BCUT2D eigenvalue weighted by atomic mass is 9.86. The lowest BCUT2D eigenvalue weighted by Gasteiger charge is -2.34. The van der Waals surface area contributed by atoms with Crippen LogP contribution in [0.4, 0.5) is 0 Å². The molecule has 1 aliphatic rings. The fraction of sp³-hybridized carbons (Fsp3) is 0.429. The van der Waals surface area contributed by atoms with Crippen LogP contribution in [0.25, 0.3) is 0 Å². The molecule has 6 heteroatoms. The zero-order chi connectivity index (χ0) is 14.7. The number of hydrogen-bond donors (Lipinski definition) is 3. The molecule has 1 aliphatic carbocycles. The number of benzene rings is 1. The number of amides is 2. The predicted octanol–water partition coefficient (Wildman–Crippen LogP) is 0.0422. The zero-order valence-corrected chi connectivity index (χ0v) is 11.2. The van der Waals surface area contributed by atoms with Gasteiger partial charge in [-0.15, -0.1) is 0 Å². The number of primary amides is 2. The Bertz CT molecular complexity index is 514. The molecule has 20 heavy (non-hydrogen) atoms. The lowest BCUT2D eigenvalue weighted by molar-refractivity contribution is -0.123. The fourth-order valence-electron chi connectivity index (χ4n) is 2.86. The van der Waals surface area contributed by atoms with Crippen molar-refractivity contribution < 1.29 is 14.7 Å². The van der Waals surface area contributed by atoms with E-state index in [0.717, 1.165) is 30.4 Å². The highest BCUT2D eigenvalue weighted by Gasteiger charge is 2.28. The zero-order valence-electron chi connectivity index (χ0n) is 11.2. The van der Waals surface area contributed by atoms with Crippen LogP contribution >= 0.6 is 0 Å². The summed E-state index contributed by atoms with van der Waals surface area (Å²) in [6.45, 7) is -0.0502. The lowest BCUT2D eigenvalue weighted by Crippen LogP contribution is -2.42. The van der Waals surface area contributed by atoms with Crippen molar-refractivity contribution >= 4 is 11.8 Å². The summed E-state index contributed by atoms with van der Waals surface area (Å²) in [5.41, 5.74) is 12.3. The SMILES string of the molecule is NC(=O)CN(CC(N)=O)C1CCCc2c(O)cccc21. The topological polar surface area (TPSA) is 110 Å². The minimum atomic E-state index is -0.501. The van der Waals surface area contributed by atoms with E-state index in [1.165, 1.54) is 0 Å². The van der Waals surface area contributed by atoms with Gasteiger partial charge in [0.1, 0.15) is 5.75 Å². The highest BCUT2D eigenvalue weighted by atomic mass is 16.3. The second-order valence-electron chi connectivity index (χ2n) is 5.09. The Morgan fingerprint density at radius 2 is 1.90 bits per heavy atom. The summed E-state index contributed by atoms with van der Waals surface area (Å²) in [5.74, 6) is -0.748. The Morgan fingerprint density at radius 1 is 1.25 bits per heavy atom. The molecule has 1 aromatic rings. The van der Waals surface area contributed by atoms with Gasteiger partial charge in [0.05, 0.1) is 13.1 Å². The summed E-state index contributed by atoms with van der Waals surface area (Å²) in [4.78, 5) is 24.1. The van der Waals surface area contributed by atoms with Gasteiger partial charge in [-0.3, -0.25) is 14.5 Å². The van der Waals surface area contributed by atoms with E-state index in [1.807, 2.05) is 6.07 Å². The van der Waals surface area contributed by atoms with Gasteiger partial charge in [-0.05, 0) is 36.5 Å². The number of rotatable bonds is 5. The molecular weight excluding hydrogens is 258 g/mol. The number of nitrogens with zero attached hydrogens (tertiary/aromatic N) is 1. The second kappa shape index (κ2) is 5.92. The molecule has 6 nitrogen and oxygen atoms in total. The van der Waals surface area contributed by atoms with Crippen LogP contribution in [0, 0.1) is 0 Å². The standard InChI is InChI=1S/C14H19N3O3/c15-13(19)7-17(8-14(16)20)11-5-1-4-10-9(11)3-2-6-12(10)18/h2-3,6,11,18H,1,4-5,7-8H2,(H2,15,19)(H2,16,20). The largest absolute Gasteiger partial charge is 0.508 e. The number of hydrogen-bond acceptors (Lipinski definition) is 4. The molecule has 2 amide bonds. The minimum Gasteiger partial charge on any atom is -0.508 e. The molecule has 0 spiro atoms. The highest BCUT2D eigenvalue weighted by Crippen LogP contribution is 2.37. The maximum atomic E-state index is 11.2. The van der Waals surface area contributed by atoms with Gasteiger partial charge in [0.2, 0.25) is 11.8 Å². The van der Waals surface area contributed by atoms with Gasteiger partial charge in [-0.1, -0.05) is 12.1 Å². The molecule has 0 aromatic heterocycles. The first-order valence-corrected chi connectivity index (χ1v) is 6.60. The van der Waals surface area contributed by atoms with Crippen molar-refractivity contribution in [2.75, 3.05) is 13.1 Å². The number of carbonyl (C=O) groups is 2. The van der Waals surface area contributed by atoms with E-state index in [2.05, 4.69) is 0 Å². The molecule has 5 N–H and O–H groups in total. The summed E-state index contributed by atoms with van der Waals surface area (Å²) in [5, 5.41) is 9.92. The number of phenols is 1. The quantitative estimate of drug-likeness (QED) is 0.706. The summed E-state index contributed by atoms with van der Waals surface area (Å²) < 4.78 is 0. The number of nitrogens with two attached hydrogens (primary N) is 2. The van der Waals surface area contributed by atoms with Crippen LogP contribution in [0.15, 0.2) is 18.2 Å². The third-order valence-corrected chi connectivity index (χ3v) is 3.61. The van der Waals surface area contributed by atoms with Crippen LogP contribution in [0.3, 0.4) is 0 Å². The first-order chi connectivity index (χ1) is 9.49. The maximum Gasteiger partial charge on any atom is 0.231 e. The molecular formula is C14H19N3O3. The molecule has 1 aromatic carbocycles. The number of carbonyl (C=O) groups excluding carboxylic acids is 2. The Hall–Kier alpha value is -2.08. The summed E-state index contributed by atoms with van der Waals surface area (Å²) in [6, 6.07) is 5.20. The second-order valence-corrected chi connectivity index (χ2v) is 5.09. The van der Waals surface area contributed by atoms with Gasteiger partial charge >= 0.3 is 0 Å². The normalized spacial score (nSPS) is 17.8. The molecule has 0 saturated heterocycles. The van der Waals surface area contributed by atoms with Crippen LogP contribution in [-0.4, -0.2) is 34.9 Å². The maximum absolute atomic E-state index is 11.2. The number of fused-ring (bicyclic) bond motifs is 1. The molecule has 0 fully saturated rings. The van der Waals surface area contributed by atoms with Gasteiger partial charge < -0.3 is 16.6 Å². The average Bonchev–Trinajstić information content (AvgIpc) is 2.37. The van der Waals surface area contributed by atoms with Gasteiger partial charge in [0, 0.05) is 6.04 Å². The smallest absolute Gasteiger partial charge is 0.231 e. The van der Waals surface area contributed by atoms with E-state index < -0.39 is 11.8 Å². The summed E-state index contributed by atoms with van der Waals surface area (Å²) in [7, 11) is 0. The molecule has 0 heterocycles. The van der Waals surface area contributed by atoms with E-state index in [4.69, 9.17) is 11.5 Å².